The van der Waals surface area contributed by atoms with Crippen molar-refractivity contribution in [3.63, 3.8) is 0 Å². The molecule has 3 fully saturated rings. The highest BCUT2D eigenvalue weighted by Gasteiger charge is 2.37. The summed E-state index contributed by atoms with van der Waals surface area (Å²) in [5, 5.41) is 13.5. The quantitative estimate of drug-likeness (QED) is 0.788. The molecule has 3 aliphatic carbocycles. The number of hydrogen-bond acceptors (Lipinski definition) is 2. The molecule has 0 heterocycles. The van der Waals surface area contributed by atoms with Crippen molar-refractivity contribution in [2.45, 2.75) is 82.4 Å². The lowest BCUT2D eigenvalue weighted by atomic mass is 9.68. The van der Waals surface area contributed by atoms with Gasteiger partial charge in [0.1, 0.15) is 0 Å². The van der Waals surface area contributed by atoms with Crippen LogP contribution < -0.4 is 5.32 Å². The average molecular weight is 237 g/mol. The maximum atomic E-state index is 9.57. The van der Waals surface area contributed by atoms with Gasteiger partial charge < -0.3 is 10.4 Å². The molecule has 0 aromatic rings. The van der Waals surface area contributed by atoms with E-state index in [-0.39, 0.29) is 6.10 Å². The Morgan fingerprint density at radius 1 is 0.765 bits per heavy atom. The van der Waals surface area contributed by atoms with Gasteiger partial charge in [0.25, 0.3) is 0 Å². The van der Waals surface area contributed by atoms with E-state index in [1.54, 1.807) is 0 Å². The number of aliphatic hydroxyl groups excluding tert-OH is 1. The molecule has 0 aliphatic heterocycles. The average Bonchev–Trinajstić information content (AvgIpc) is 2.16. The van der Waals surface area contributed by atoms with Crippen LogP contribution in [0.25, 0.3) is 0 Å². The summed E-state index contributed by atoms with van der Waals surface area (Å²) in [6.07, 6.45) is 13.2. The zero-order valence-corrected chi connectivity index (χ0v) is 10.9. The SMILES string of the molecule is OC1CCC(NC(C2CCC2)C2CCC2)CC1. The molecule has 0 unspecified atom stereocenters. The predicted octanol–water partition coefficient (Wildman–Crippen LogP) is 2.85. The van der Waals surface area contributed by atoms with Gasteiger partial charge in [-0.25, -0.2) is 0 Å². The molecular formula is C15H27NO. The van der Waals surface area contributed by atoms with Crippen molar-refractivity contribution in [3.05, 3.63) is 0 Å². The fourth-order valence-corrected chi connectivity index (χ4v) is 3.77. The van der Waals surface area contributed by atoms with Crippen molar-refractivity contribution in [3.8, 4) is 0 Å². The minimum Gasteiger partial charge on any atom is -0.393 e. The maximum absolute atomic E-state index is 9.57. The molecule has 0 radical (unpaired) electrons. The normalized spacial score (nSPS) is 35.6. The largest absolute Gasteiger partial charge is 0.393 e. The minimum absolute atomic E-state index is 0.0149. The second kappa shape index (κ2) is 5.27. The molecule has 0 spiro atoms. The van der Waals surface area contributed by atoms with Crippen LogP contribution in [0, 0.1) is 11.8 Å². The fourth-order valence-electron chi connectivity index (χ4n) is 3.77. The van der Waals surface area contributed by atoms with Gasteiger partial charge in [-0.05, 0) is 63.2 Å². The summed E-state index contributed by atoms with van der Waals surface area (Å²) in [5.41, 5.74) is 0. The van der Waals surface area contributed by atoms with Crippen molar-refractivity contribution in [1.29, 1.82) is 0 Å². The van der Waals surface area contributed by atoms with E-state index < -0.39 is 0 Å². The number of rotatable bonds is 4. The monoisotopic (exact) mass is 237 g/mol. The Bertz CT molecular complexity index is 225. The van der Waals surface area contributed by atoms with Crippen LogP contribution in [0.4, 0.5) is 0 Å². The second-order valence-electron chi connectivity index (χ2n) is 6.58. The Balaban J connectivity index is 1.52. The van der Waals surface area contributed by atoms with E-state index in [4.69, 9.17) is 0 Å². The Hall–Kier alpha value is -0.0800. The standard InChI is InChI=1S/C15H27NO/c17-14-9-7-13(8-10-14)16-15(11-3-1-4-11)12-5-2-6-12/h11-17H,1-10H2. The van der Waals surface area contributed by atoms with Crippen LogP contribution in [0.3, 0.4) is 0 Å². The first-order chi connectivity index (χ1) is 8.33. The highest BCUT2D eigenvalue weighted by Crippen LogP contribution is 2.40. The Morgan fingerprint density at radius 2 is 1.29 bits per heavy atom. The lowest BCUT2D eigenvalue weighted by molar-refractivity contribution is 0.0811. The molecule has 98 valence electrons. The summed E-state index contributed by atoms with van der Waals surface area (Å²) in [4.78, 5) is 0. The van der Waals surface area contributed by atoms with Gasteiger partial charge in [0.15, 0.2) is 0 Å². The Labute approximate surface area is 105 Å². The van der Waals surface area contributed by atoms with Crippen molar-refractivity contribution in [2.24, 2.45) is 11.8 Å². The zero-order valence-electron chi connectivity index (χ0n) is 10.9. The summed E-state index contributed by atoms with van der Waals surface area (Å²) in [6, 6.07) is 1.52. The third-order valence-corrected chi connectivity index (χ3v) is 5.44. The van der Waals surface area contributed by atoms with Gasteiger partial charge in [0, 0.05) is 12.1 Å². The third-order valence-electron chi connectivity index (χ3n) is 5.44. The van der Waals surface area contributed by atoms with Gasteiger partial charge in [-0.15, -0.1) is 0 Å². The number of aliphatic hydroxyl groups is 1. The second-order valence-corrected chi connectivity index (χ2v) is 6.58. The minimum atomic E-state index is -0.0149. The lowest BCUT2D eigenvalue weighted by Gasteiger charge is -2.45. The first-order valence-corrected chi connectivity index (χ1v) is 7.77. The molecule has 3 rings (SSSR count). The summed E-state index contributed by atoms with van der Waals surface area (Å²) >= 11 is 0. The summed E-state index contributed by atoms with van der Waals surface area (Å²) in [5.74, 6) is 1.96. The van der Waals surface area contributed by atoms with E-state index in [2.05, 4.69) is 5.32 Å². The molecule has 3 aliphatic rings. The molecule has 0 saturated heterocycles. The highest BCUT2D eigenvalue weighted by atomic mass is 16.3. The summed E-state index contributed by atoms with van der Waals surface area (Å²) < 4.78 is 0. The van der Waals surface area contributed by atoms with Crippen LogP contribution in [-0.2, 0) is 0 Å². The Kier molecular flexibility index (Phi) is 3.72. The molecule has 2 N–H and O–H groups in total. The van der Waals surface area contributed by atoms with E-state index in [0.29, 0.717) is 6.04 Å². The van der Waals surface area contributed by atoms with Gasteiger partial charge in [-0.2, -0.15) is 0 Å². The van der Waals surface area contributed by atoms with Crippen LogP contribution in [0.2, 0.25) is 0 Å². The van der Waals surface area contributed by atoms with Crippen molar-refractivity contribution < 1.29 is 5.11 Å². The fraction of sp³-hybridized carbons (Fsp3) is 1.00. The van der Waals surface area contributed by atoms with E-state index in [0.717, 1.165) is 30.7 Å². The Morgan fingerprint density at radius 3 is 1.71 bits per heavy atom. The predicted molar refractivity (Wildman–Crippen MR) is 69.9 cm³/mol. The van der Waals surface area contributed by atoms with Gasteiger partial charge in [-0.3, -0.25) is 0 Å². The molecule has 0 atom stereocenters. The smallest absolute Gasteiger partial charge is 0.0541 e. The van der Waals surface area contributed by atoms with Crippen molar-refractivity contribution in [2.75, 3.05) is 0 Å². The summed E-state index contributed by atoms with van der Waals surface area (Å²) in [7, 11) is 0. The van der Waals surface area contributed by atoms with Crippen LogP contribution in [0.15, 0.2) is 0 Å². The zero-order chi connectivity index (χ0) is 11.7. The van der Waals surface area contributed by atoms with Crippen LogP contribution in [0.5, 0.6) is 0 Å². The summed E-state index contributed by atoms with van der Waals surface area (Å²) in [6.45, 7) is 0. The molecule has 2 nitrogen and oxygen atoms in total. The van der Waals surface area contributed by atoms with E-state index >= 15 is 0 Å². The number of hydrogen-bond donors (Lipinski definition) is 2. The molecule has 0 aromatic carbocycles. The van der Waals surface area contributed by atoms with Crippen molar-refractivity contribution >= 4 is 0 Å². The topological polar surface area (TPSA) is 32.3 Å². The molecule has 2 heteroatoms. The molecule has 0 aromatic heterocycles. The molecule has 3 saturated carbocycles. The first kappa shape index (κ1) is 12.0. The van der Waals surface area contributed by atoms with Crippen molar-refractivity contribution in [1.82, 2.24) is 5.32 Å². The lowest BCUT2D eigenvalue weighted by Crippen LogP contribution is -2.52. The molecular weight excluding hydrogens is 210 g/mol. The van der Waals surface area contributed by atoms with Gasteiger partial charge >= 0.3 is 0 Å². The van der Waals surface area contributed by atoms with Crippen LogP contribution in [0.1, 0.15) is 64.2 Å². The van der Waals surface area contributed by atoms with E-state index in [1.807, 2.05) is 0 Å². The van der Waals surface area contributed by atoms with Gasteiger partial charge in [0.05, 0.1) is 6.10 Å². The first-order valence-electron chi connectivity index (χ1n) is 7.77. The van der Waals surface area contributed by atoms with Gasteiger partial charge in [-0.1, -0.05) is 12.8 Å². The van der Waals surface area contributed by atoms with Crippen LogP contribution >= 0.6 is 0 Å². The number of nitrogens with one attached hydrogen (secondary N) is 1. The molecule has 0 amide bonds. The van der Waals surface area contributed by atoms with Crippen LogP contribution in [-0.4, -0.2) is 23.3 Å². The maximum Gasteiger partial charge on any atom is 0.0541 e. The third kappa shape index (κ3) is 2.68. The molecule has 17 heavy (non-hydrogen) atoms. The van der Waals surface area contributed by atoms with E-state index in [1.165, 1.54) is 51.4 Å². The van der Waals surface area contributed by atoms with Gasteiger partial charge in [0.2, 0.25) is 0 Å². The molecule has 0 bridgehead atoms. The van der Waals surface area contributed by atoms with E-state index in [9.17, 15) is 5.11 Å². The highest BCUT2D eigenvalue weighted by molar-refractivity contribution is 4.93.